The number of ether oxygens (including phenoxy) is 2. The van der Waals surface area contributed by atoms with Crippen LogP contribution in [0.5, 0.6) is 5.75 Å². The maximum atomic E-state index is 14.0. The van der Waals surface area contributed by atoms with Gasteiger partial charge in [-0.3, -0.25) is 14.6 Å². The van der Waals surface area contributed by atoms with Crippen molar-refractivity contribution in [2.75, 3.05) is 45.9 Å². The molecule has 0 aromatic heterocycles. The SMILES string of the molecule is N#Cc1ccc(CNC(=O)CN2CC3CN(CCCOc4ccc(C#N)cc4F)CC(C2)O3)c(F)c1. The van der Waals surface area contributed by atoms with Gasteiger partial charge in [-0.25, -0.2) is 8.78 Å². The fraction of sp³-hybridized carbons (Fsp3) is 0.423. The van der Waals surface area contributed by atoms with Crippen LogP contribution in [0.2, 0.25) is 0 Å². The van der Waals surface area contributed by atoms with Crippen LogP contribution < -0.4 is 10.1 Å². The number of amides is 1. The Morgan fingerprint density at radius 1 is 1.00 bits per heavy atom. The smallest absolute Gasteiger partial charge is 0.234 e. The Labute approximate surface area is 208 Å². The topological polar surface area (TPSA) is 102 Å². The highest BCUT2D eigenvalue weighted by Crippen LogP contribution is 2.21. The molecule has 2 bridgehead atoms. The minimum absolute atomic E-state index is 0.0156. The lowest BCUT2D eigenvalue weighted by Gasteiger charge is -2.45. The predicted molar refractivity (Wildman–Crippen MR) is 126 cm³/mol. The number of fused-ring (bicyclic) bond motifs is 2. The number of hydrogen-bond acceptors (Lipinski definition) is 7. The van der Waals surface area contributed by atoms with Crippen molar-refractivity contribution in [1.29, 1.82) is 10.5 Å². The van der Waals surface area contributed by atoms with Crippen molar-refractivity contribution < 1.29 is 23.0 Å². The second kappa shape index (κ2) is 11.9. The van der Waals surface area contributed by atoms with Crippen molar-refractivity contribution in [1.82, 2.24) is 15.1 Å². The second-order valence-corrected chi connectivity index (χ2v) is 8.99. The van der Waals surface area contributed by atoms with Gasteiger partial charge < -0.3 is 14.8 Å². The highest BCUT2D eigenvalue weighted by molar-refractivity contribution is 5.78. The van der Waals surface area contributed by atoms with Gasteiger partial charge in [0.2, 0.25) is 5.91 Å². The van der Waals surface area contributed by atoms with E-state index >= 15 is 0 Å². The van der Waals surface area contributed by atoms with Crippen LogP contribution in [0.3, 0.4) is 0 Å². The summed E-state index contributed by atoms with van der Waals surface area (Å²) in [4.78, 5) is 16.8. The van der Waals surface area contributed by atoms with Crippen LogP contribution in [0, 0.1) is 34.3 Å². The van der Waals surface area contributed by atoms with Gasteiger partial charge in [0.15, 0.2) is 11.6 Å². The molecule has 4 rings (SSSR count). The quantitative estimate of drug-likeness (QED) is 0.532. The fourth-order valence-corrected chi connectivity index (χ4v) is 4.54. The molecular formula is C26H27F2N5O3. The normalized spacial score (nSPS) is 19.8. The van der Waals surface area contributed by atoms with E-state index in [9.17, 15) is 13.6 Å². The molecule has 2 saturated heterocycles. The molecule has 2 fully saturated rings. The third-order valence-corrected chi connectivity index (χ3v) is 6.19. The minimum Gasteiger partial charge on any atom is -0.490 e. The highest BCUT2D eigenvalue weighted by atomic mass is 19.1. The Bertz CT molecular complexity index is 1170. The summed E-state index contributed by atoms with van der Waals surface area (Å²) < 4.78 is 39.5. The Morgan fingerprint density at radius 2 is 1.64 bits per heavy atom. The number of carbonyl (C=O) groups is 1. The lowest BCUT2D eigenvalue weighted by atomic mass is 10.1. The van der Waals surface area contributed by atoms with Crippen LogP contribution in [-0.2, 0) is 16.1 Å². The lowest BCUT2D eigenvalue weighted by Crippen LogP contribution is -2.60. The van der Waals surface area contributed by atoms with Crippen molar-refractivity contribution in [2.45, 2.75) is 25.2 Å². The highest BCUT2D eigenvalue weighted by Gasteiger charge is 2.35. The van der Waals surface area contributed by atoms with Gasteiger partial charge in [-0.2, -0.15) is 10.5 Å². The number of benzene rings is 2. The van der Waals surface area contributed by atoms with E-state index < -0.39 is 11.6 Å². The van der Waals surface area contributed by atoms with E-state index in [1.165, 1.54) is 24.3 Å². The molecule has 8 nitrogen and oxygen atoms in total. The largest absolute Gasteiger partial charge is 0.490 e. The number of carbonyl (C=O) groups excluding carboxylic acids is 1. The standard InChI is InChI=1S/C26H27F2N5O3/c27-23-8-18(10-29)2-4-20(23)12-31-26(34)17-33-15-21-13-32(14-22(16-33)36-21)6-1-7-35-25-5-3-19(11-30)9-24(25)28/h2-5,8-9,21-22H,1,6-7,12-17H2,(H,31,34). The van der Waals surface area contributed by atoms with E-state index in [0.717, 1.165) is 38.2 Å². The van der Waals surface area contributed by atoms with Gasteiger partial charge in [0.05, 0.1) is 48.6 Å². The molecule has 0 spiro atoms. The summed E-state index contributed by atoms with van der Waals surface area (Å²) in [6.07, 6.45) is 0.688. The monoisotopic (exact) mass is 495 g/mol. The molecule has 2 unspecified atom stereocenters. The molecule has 10 heteroatoms. The van der Waals surface area contributed by atoms with Crippen LogP contribution in [0.25, 0.3) is 0 Å². The first kappa shape index (κ1) is 25.5. The first-order chi connectivity index (χ1) is 17.4. The molecule has 2 aliphatic rings. The van der Waals surface area contributed by atoms with Crippen molar-refractivity contribution >= 4 is 5.91 Å². The Morgan fingerprint density at radius 3 is 2.28 bits per heavy atom. The summed E-state index contributed by atoms with van der Waals surface area (Å²) in [7, 11) is 0. The Kier molecular flexibility index (Phi) is 8.44. The zero-order valence-corrected chi connectivity index (χ0v) is 19.8. The summed E-state index contributed by atoms with van der Waals surface area (Å²) in [5.41, 5.74) is 0.832. The molecule has 1 amide bonds. The Hall–Kier alpha value is -3.57. The number of morpholine rings is 2. The van der Waals surface area contributed by atoms with Gasteiger partial charge in [-0.1, -0.05) is 6.07 Å². The molecular weight excluding hydrogens is 468 g/mol. The van der Waals surface area contributed by atoms with Gasteiger partial charge in [0.25, 0.3) is 0 Å². The average molecular weight is 496 g/mol. The first-order valence-electron chi connectivity index (χ1n) is 11.8. The maximum Gasteiger partial charge on any atom is 0.234 e. The van der Waals surface area contributed by atoms with E-state index in [2.05, 4.69) is 15.1 Å². The fourth-order valence-electron chi connectivity index (χ4n) is 4.54. The number of rotatable bonds is 9. The van der Waals surface area contributed by atoms with E-state index in [0.29, 0.717) is 25.3 Å². The molecule has 2 aromatic carbocycles. The van der Waals surface area contributed by atoms with Gasteiger partial charge in [0, 0.05) is 44.8 Å². The van der Waals surface area contributed by atoms with E-state index in [4.69, 9.17) is 20.0 Å². The third-order valence-electron chi connectivity index (χ3n) is 6.19. The summed E-state index contributed by atoms with van der Waals surface area (Å²) in [5.74, 6) is -1.10. The first-order valence-corrected chi connectivity index (χ1v) is 11.8. The van der Waals surface area contributed by atoms with Crippen LogP contribution in [-0.4, -0.2) is 73.8 Å². The Balaban J connectivity index is 1.16. The number of nitrogens with zero attached hydrogens (tertiary/aromatic N) is 4. The minimum atomic E-state index is -0.541. The maximum absolute atomic E-state index is 14.0. The van der Waals surface area contributed by atoms with Crippen LogP contribution in [0.1, 0.15) is 23.1 Å². The summed E-state index contributed by atoms with van der Waals surface area (Å²) in [6, 6.07) is 12.1. The molecule has 0 saturated carbocycles. The molecule has 0 radical (unpaired) electrons. The van der Waals surface area contributed by atoms with Gasteiger partial charge in [-0.05, 0) is 36.8 Å². The van der Waals surface area contributed by atoms with Gasteiger partial charge >= 0.3 is 0 Å². The molecule has 2 aliphatic heterocycles. The molecule has 0 aliphatic carbocycles. The number of nitrogens with one attached hydrogen (secondary N) is 1. The van der Waals surface area contributed by atoms with Gasteiger partial charge in [0.1, 0.15) is 5.82 Å². The molecule has 2 atom stereocenters. The van der Waals surface area contributed by atoms with E-state index in [1.54, 1.807) is 0 Å². The van der Waals surface area contributed by atoms with Gasteiger partial charge in [-0.15, -0.1) is 0 Å². The van der Waals surface area contributed by atoms with Crippen molar-refractivity contribution in [3.8, 4) is 17.9 Å². The summed E-state index contributed by atoms with van der Waals surface area (Å²) in [5, 5.41) is 20.4. The van der Waals surface area contributed by atoms with E-state index in [1.807, 2.05) is 12.1 Å². The molecule has 2 heterocycles. The van der Waals surface area contributed by atoms with Crippen LogP contribution in [0.15, 0.2) is 36.4 Å². The zero-order valence-electron chi connectivity index (χ0n) is 19.8. The third kappa shape index (κ3) is 6.76. The lowest BCUT2D eigenvalue weighted by molar-refractivity contribution is -0.145. The second-order valence-electron chi connectivity index (χ2n) is 8.99. The van der Waals surface area contributed by atoms with E-state index in [-0.39, 0.29) is 48.1 Å². The molecule has 2 aromatic rings. The van der Waals surface area contributed by atoms with Crippen LogP contribution in [0.4, 0.5) is 8.78 Å². The molecule has 188 valence electrons. The van der Waals surface area contributed by atoms with Crippen molar-refractivity contribution in [2.24, 2.45) is 0 Å². The number of nitriles is 2. The number of halogens is 2. The molecule has 36 heavy (non-hydrogen) atoms. The number of hydrogen-bond donors (Lipinski definition) is 1. The van der Waals surface area contributed by atoms with Crippen molar-refractivity contribution in [3.05, 3.63) is 64.7 Å². The zero-order chi connectivity index (χ0) is 25.5. The predicted octanol–water partition coefficient (Wildman–Crippen LogP) is 2.18. The summed E-state index contributed by atoms with van der Waals surface area (Å²) >= 11 is 0. The summed E-state index contributed by atoms with van der Waals surface area (Å²) in [6.45, 7) is 4.13. The van der Waals surface area contributed by atoms with Crippen molar-refractivity contribution in [3.63, 3.8) is 0 Å². The van der Waals surface area contributed by atoms with Crippen LogP contribution >= 0.6 is 0 Å². The average Bonchev–Trinajstić information content (AvgIpc) is 2.86. The molecule has 1 N–H and O–H groups in total.